The first-order valence-electron chi connectivity index (χ1n) is 3.46. The Balaban J connectivity index is -0.0000000144. The summed E-state index contributed by atoms with van der Waals surface area (Å²) in [6.45, 7) is 13.9. The summed E-state index contributed by atoms with van der Waals surface area (Å²) in [6.07, 6.45) is 0. The quantitative estimate of drug-likeness (QED) is 0.459. The molecule has 0 spiro atoms. The maximum atomic E-state index is 7.57. The van der Waals surface area contributed by atoms with E-state index >= 15 is 0 Å². The van der Waals surface area contributed by atoms with Crippen LogP contribution < -0.4 is 0 Å². The van der Waals surface area contributed by atoms with Gasteiger partial charge in [0.05, 0.1) is 0 Å². The predicted octanol–water partition coefficient (Wildman–Crippen LogP) is 1.68. The van der Waals surface area contributed by atoms with Gasteiger partial charge in [-0.2, -0.15) is 13.8 Å². The molecule has 0 unspecified atom stereocenters. The molecule has 2 nitrogen and oxygen atoms in total. The van der Waals surface area contributed by atoms with Crippen LogP contribution in [0.3, 0.4) is 0 Å². The first-order valence-corrected chi connectivity index (χ1v) is 3.46. The molecule has 0 aliphatic heterocycles. The summed E-state index contributed by atoms with van der Waals surface area (Å²) in [5.41, 5.74) is 0. The van der Waals surface area contributed by atoms with E-state index < -0.39 is 0 Å². The van der Waals surface area contributed by atoms with Crippen molar-refractivity contribution in [2.75, 3.05) is 13.2 Å². The topological polar surface area (TPSA) is 40.5 Å². The van der Waals surface area contributed by atoms with Crippen molar-refractivity contribution >= 4 is 0 Å². The third-order valence-electron chi connectivity index (χ3n) is 0. The molecule has 3 heteroatoms. The summed E-state index contributed by atoms with van der Waals surface area (Å²) < 4.78 is 0. The van der Waals surface area contributed by atoms with E-state index in [0.29, 0.717) is 0 Å². The van der Waals surface area contributed by atoms with Gasteiger partial charge in [0.15, 0.2) is 0 Å². The molecule has 0 saturated heterocycles. The maximum absolute atomic E-state index is 7.57. The molecule has 2 N–H and O–H groups in total. The van der Waals surface area contributed by atoms with Gasteiger partial charge < -0.3 is 24.1 Å². The first kappa shape index (κ1) is 29.9. The molecule has 0 rings (SSSR count). The van der Waals surface area contributed by atoms with Crippen molar-refractivity contribution in [1.29, 1.82) is 0 Å². The van der Waals surface area contributed by atoms with E-state index in [1.165, 1.54) is 0 Å². The third-order valence-corrected chi connectivity index (χ3v) is 0. The van der Waals surface area contributed by atoms with Crippen molar-refractivity contribution in [2.24, 2.45) is 0 Å². The monoisotopic (exact) mass is 198 g/mol. The number of aliphatic hydroxyl groups is 2. The van der Waals surface area contributed by atoms with Gasteiger partial charge in [-0.1, -0.05) is 0 Å². The van der Waals surface area contributed by atoms with Crippen LogP contribution in [0.5, 0.6) is 0 Å². The van der Waals surface area contributed by atoms with Crippen molar-refractivity contribution < 1.29 is 31.9 Å². The van der Waals surface area contributed by atoms with Gasteiger partial charge in [-0.15, -0.1) is 0 Å². The molecule has 0 aliphatic carbocycles. The molecular weight excluding hydrogens is 176 g/mol. The molecule has 0 heterocycles. The Morgan fingerprint density at radius 2 is 0.818 bits per heavy atom. The molecule has 70 valence electrons. The van der Waals surface area contributed by atoms with E-state index in [9.17, 15) is 0 Å². The van der Waals surface area contributed by atoms with Crippen molar-refractivity contribution in [3.05, 3.63) is 13.8 Å². The van der Waals surface area contributed by atoms with Gasteiger partial charge in [-0.25, -0.2) is 0 Å². The van der Waals surface area contributed by atoms with Crippen LogP contribution in [-0.4, -0.2) is 23.4 Å². The average molecular weight is 198 g/mol. The van der Waals surface area contributed by atoms with Crippen LogP contribution in [0.2, 0.25) is 0 Å². The Kier molecular flexibility index (Phi) is 387. The molecule has 0 aromatic heterocycles. The van der Waals surface area contributed by atoms with Gasteiger partial charge in [0.1, 0.15) is 0 Å². The smallest absolute Gasteiger partial charge is 0.397 e. The molecule has 0 saturated carbocycles. The Morgan fingerprint density at radius 1 is 0.818 bits per heavy atom. The standard InChI is InChI=1S/2C2H6O.2C2H5.Ti/c2*1-2-3;2*1-2;/h2*3H,2H2,1H3;2*1H2,2H3;/q;;2*-1;+2. The fraction of sp³-hybridized carbons (Fsp3) is 0.750. The Bertz CT molecular complexity index is 14.1. The van der Waals surface area contributed by atoms with Crippen molar-refractivity contribution in [1.82, 2.24) is 0 Å². The normalized spacial score (nSPS) is 4.36. The van der Waals surface area contributed by atoms with Crippen LogP contribution in [0, 0.1) is 13.8 Å². The Labute approximate surface area is 86.9 Å². The average Bonchev–Trinajstić information content (AvgIpc) is 1.99. The summed E-state index contributed by atoms with van der Waals surface area (Å²) in [5.74, 6) is 0. The van der Waals surface area contributed by atoms with Gasteiger partial charge >= 0.3 is 21.7 Å². The van der Waals surface area contributed by atoms with Crippen LogP contribution >= 0.6 is 0 Å². The zero-order valence-electron chi connectivity index (χ0n) is 8.22. The van der Waals surface area contributed by atoms with Crippen LogP contribution in [-0.2, 0) is 21.7 Å². The van der Waals surface area contributed by atoms with Gasteiger partial charge in [0.2, 0.25) is 0 Å². The molecular formula is C8H22O2Ti. The Morgan fingerprint density at radius 3 is 0.818 bits per heavy atom. The predicted molar refractivity (Wildman–Crippen MR) is 47.6 cm³/mol. The molecule has 0 radical (unpaired) electrons. The van der Waals surface area contributed by atoms with Crippen LogP contribution in [0.1, 0.15) is 27.7 Å². The van der Waals surface area contributed by atoms with Crippen molar-refractivity contribution in [3.63, 3.8) is 0 Å². The zero-order chi connectivity index (χ0) is 9.41. The second-order valence-corrected chi connectivity index (χ2v) is 0.632. The molecule has 0 aliphatic rings. The minimum atomic E-state index is 0. The number of hydrogen-bond acceptors (Lipinski definition) is 2. The van der Waals surface area contributed by atoms with Crippen LogP contribution in [0.25, 0.3) is 0 Å². The number of aliphatic hydroxyl groups excluding tert-OH is 2. The van der Waals surface area contributed by atoms with E-state index in [-0.39, 0.29) is 34.9 Å². The van der Waals surface area contributed by atoms with E-state index in [2.05, 4.69) is 13.8 Å². The SMILES string of the molecule is CCO.CCO.[CH2-]C.[CH2-]C.[Ti+2]. The van der Waals surface area contributed by atoms with Crippen LogP contribution in [0.15, 0.2) is 0 Å². The van der Waals surface area contributed by atoms with Gasteiger partial charge in [0.25, 0.3) is 0 Å². The molecule has 0 aromatic rings. The van der Waals surface area contributed by atoms with E-state index in [1.54, 1.807) is 27.7 Å². The summed E-state index contributed by atoms with van der Waals surface area (Å²) in [4.78, 5) is 0. The van der Waals surface area contributed by atoms with E-state index in [0.717, 1.165) is 0 Å². The summed E-state index contributed by atoms with van der Waals surface area (Å²) >= 11 is 0. The number of hydrogen-bond donors (Lipinski definition) is 2. The largest absolute Gasteiger partial charge is 2.00 e. The summed E-state index contributed by atoms with van der Waals surface area (Å²) in [5, 5.41) is 15.1. The van der Waals surface area contributed by atoms with Crippen LogP contribution in [0.4, 0.5) is 0 Å². The van der Waals surface area contributed by atoms with E-state index in [4.69, 9.17) is 10.2 Å². The fourth-order valence-electron chi connectivity index (χ4n) is 0. The van der Waals surface area contributed by atoms with Gasteiger partial charge in [-0.3, -0.25) is 0 Å². The molecule has 11 heavy (non-hydrogen) atoms. The maximum Gasteiger partial charge on any atom is 2.00 e. The van der Waals surface area contributed by atoms with Crippen molar-refractivity contribution in [3.8, 4) is 0 Å². The molecule has 0 amide bonds. The minimum absolute atomic E-state index is 0. The third kappa shape index (κ3) is 1970. The number of rotatable bonds is 0. The van der Waals surface area contributed by atoms with Crippen molar-refractivity contribution in [2.45, 2.75) is 27.7 Å². The fourth-order valence-corrected chi connectivity index (χ4v) is 0. The molecule has 0 fully saturated rings. The molecule has 0 aromatic carbocycles. The summed E-state index contributed by atoms with van der Waals surface area (Å²) in [7, 11) is 0. The molecule has 0 bridgehead atoms. The van der Waals surface area contributed by atoms with E-state index in [1.807, 2.05) is 0 Å². The zero-order valence-corrected chi connectivity index (χ0v) is 9.78. The minimum Gasteiger partial charge on any atom is -0.397 e. The van der Waals surface area contributed by atoms with Gasteiger partial charge in [0, 0.05) is 13.2 Å². The first-order chi connectivity index (χ1) is 4.83. The second-order valence-electron chi connectivity index (χ2n) is 0.632. The second kappa shape index (κ2) is 142. The molecule has 0 atom stereocenters. The van der Waals surface area contributed by atoms with Gasteiger partial charge in [-0.05, 0) is 13.8 Å². The summed E-state index contributed by atoms with van der Waals surface area (Å²) in [6, 6.07) is 0. The Hall–Kier alpha value is 0.634.